The van der Waals surface area contributed by atoms with Crippen LogP contribution in [0, 0.1) is 0 Å². The van der Waals surface area contributed by atoms with Crippen LogP contribution in [-0.2, 0) is 18.3 Å². The summed E-state index contributed by atoms with van der Waals surface area (Å²) >= 11 is 0. The first-order valence-electron chi connectivity index (χ1n) is 7.63. The highest BCUT2D eigenvalue weighted by Crippen LogP contribution is 2.14. The molecule has 3 heterocycles. The summed E-state index contributed by atoms with van der Waals surface area (Å²) in [4.78, 5) is 27.3. The highest BCUT2D eigenvalue weighted by Gasteiger charge is 2.18. The lowest BCUT2D eigenvalue weighted by atomic mass is 10.2. The number of carbonyl (C=O) groups excluding carboxylic acids is 1. The molecular formula is C17H19N5O2. The fraction of sp³-hybridized carbons (Fsp3) is 0.294. The first-order valence-corrected chi connectivity index (χ1v) is 7.63. The first kappa shape index (κ1) is 16.1. The van der Waals surface area contributed by atoms with E-state index in [-0.39, 0.29) is 5.91 Å². The van der Waals surface area contributed by atoms with Crippen molar-refractivity contribution < 1.29 is 9.53 Å². The van der Waals surface area contributed by atoms with E-state index in [1.807, 2.05) is 23.7 Å². The average Bonchev–Trinajstić information content (AvgIpc) is 2.99. The van der Waals surface area contributed by atoms with Crippen LogP contribution in [0.2, 0.25) is 0 Å². The summed E-state index contributed by atoms with van der Waals surface area (Å²) in [7, 11) is 3.49. The number of aryl methyl sites for hydroxylation is 1. The third-order valence-electron chi connectivity index (χ3n) is 3.75. The van der Waals surface area contributed by atoms with E-state index in [1.165, 1.54) is 0 Å². The molecule has 0 unspecified atom stereocenters. The minimum absolute atomic E-state index is 0.101. The molecule has 0 spiro atoms. The van der Waals surface area contributed by atoms with Gasteiger partial charge in [-0.1, -0.05) is 6.07 Å². The number of hydrogen-bond donors (Lipinski definition) is 0. The number of fused-ring (bicyclic) bond motifs is 1. The second-order valence-corrected chi connectivity index (χ2v) is 5.50. The number of aromatic nitrogens is 4. The zero-order valence-corrected chi connectivity index (χ0v) is 13.7. The number of hydrogen-bond acceptors (Lipinski definition) is 5. The van der Waals surface area contributed by atoms with E-state index in [4.69, 9.17) is 4.74 Å². The number of amides is 1. The van der Waals surface area contributed by atoms with Crippen molar-refractivity contribution in [1.82, 2.24) is 24.4 Å². The molecule has 0 aliphatic rings. The van der Waals surface area contributed by atoms with Crippen LogP contribution in [-0.4, -0.2) is 50.6 Å². The quantitative estimate of drug-likeness (QED) is 0.689. The molecule has 0 saturated carbocycles. The van der Waals surface area contributed by atoms with Gasteiger partial charge in [0.2, 0.25) is 0 Å². The number of rotatable bonds is 6. The summed E-state index contributed by atoms with van der Waals surface area (Å²) in [5.41, 5.74) is 2.94. The summed E-state index contributed by atoms with van der Waals surface area (Å²) in [5.74, 6) is -0.101. The Balaban J connectivity index is 1.85. The summed E-state index contributed by atoms with van der Waals surface area (Å²) < 4.78 is 6.95. The van der Waals surface area contributed by atoms with E-state index in [9.17, 15) is 4.79 Å². The van der Waals surface area contributed by atoms with Crippen LogP contribution < -0.4 is 0 Å². The van der Waals surface area contributed by atoms with Gasteiger partial charge in [-0.2, -0.15) is 0 Å². The van der Waals surface area contributed by atoms with Crippen molar-refractivity contribution in [2.24, 2.45) is 7.05 Å². The van der Waals surface area contributed by atoms with E-state index in [0.29, 0.717) is 30.8 Å². The van der Waals surface area contributed by atoms with Gasteiger partial charge in [0.25, 0.3) is 5.91 Å². The molecule has 24 heavy (non-hydrogen) atoms. The molecule has 0 bridgehead atoms. The number of methoxy groups -OCH3 is 1. The second-order valence-electron chi connectivity index (χ2n) is 5.50. The Kier molecular flexibility index (Phi) is 4.81. The number of pyridine rings is 2. The van der Waals surface area contributed by atoms with Gasteiger partial charge in [-0.25, -0.2) is 9.97 Å². The Labute approximate surface area is 139 Å². The molecule has 0 radical (unpaired) electrons. The third-order valence-corrected chi connectivity index (χ3v) is 3.75. The van der Waals surface area contributed by atoms with Gasteiger partial charge in [0.05, 0.1) is 18.5 Å². The number of imidazole rings is 1. The molecule has 0 fully saturated rings. The van der Waals surface area contributed by atoms with E-state index in [2.05, 4.69) is 15.0 Å². The lowest BCUT2D eigenvalue weighted by molar-refractivity contribution is 0.0680. The van der Waals surface area contributed by atoms with Crippen LogP contribution in [0.4, 0.5) is 0 Å². The number of ether oxygens (including phenoxy) is 1. The van der Waals surface area contributed by atoms with Gasteiger partial charge in [-0.05, 0) is 17.7 Å². The van der Waals surface area contributed by atoms with Gasteiger partial charge in [0.1, 0.15) is 5.52 Å². The van der Waals surface area contributed by atoms with Gasteiger partial charge < -0.3 is 14.2 Å². The number of nitrogens with zero attached hydrogens (tertiary/aromatic N) is 5. The molecule has 0 aromatic carbocycles. The molecule has 0 atom stereocenters. The van der Waals surface area contributed by atoms with Crippen molar-refractivity contribution in [1.29, 1.82) is 0 Å². The average molecular weight is 325 g/mol. The monoisotopic (exact) mass is 325 g/mol. The van der Waals surface area contributed by atoms with Crippen molar-refractivity contribution in [2.45, 2.75) is 6.54 Å². The highest BCUT2D eigenvalue weighted by molar-refractivity contribution is 5.96. The summed E-state index contributed by atoms with van der Waals surface area (Å²) in [6.45, 7) is 1.42. The van der Waals surface area contributed by atoms with Crippen LogP contribution in [0.5, 0.6) is 0 Å². The summed E-state index contributed by atoms with van der Waals surface area (Å²) in [5, 5.41) is 0. The molecule has 7 heteroatoms. The minimum atomic E-state index is -0.101. The van der Waals surface area contributed by atoms with Gasteiger partial charge in [-0.3, -0.25) is 9.78 Å². The van der Waals surface area contributed by atoms with Crippen LogP contribution in [0.25, 0.3) is 11.2 Å². The smallest absolute Gasteiger partial charge is 0.255 e. The maximum absolute atomic E-state index is 12.9. The Morgan fingerprint density at radius 2 is 2.21 bits per heavy atom. The lowest BCUT2D eigenvalue weighted by Crippen LogP contribution is -2.33. The van der Waals surface area contributed by atoms with E-state index >= 15 is 0 Å². The maximum atomic E-state index is 12.9. The normalized spacial score (nSPS) is 10.9. The zero-order chi connectivity index (χ0) is 16.9. The van der Waals surface area contributed by atoms with Gasteiger partial charge in [0.15, 0.2) is 5.65 Å². The Morgan fingerprint density at radius 3 is 2.96 bits per heavy atom. The lowest BCUT2D eigenvalue weighted by Gasteiger charge is -2.22. The molecule has 0 N–H and O–H groups in total. The van der Waals surface area contributed by atoms with Crippen LogP contribution in [0.3, 0.4) is 0 Å². The fourth-order valence-corrected chi connectivity index (χ4v) is 2.48. The molecule has 3 aromatic heterocycles. The van der Waals surface area contributed by atoms with Crippen molar-refractivity contribution in [2.75, 3.05) is 20.3 Å². The Hall–Kier alpha value is -2.80. The highest BCUT2D eigenvalue weighted by atomic mass is 16.5. The molecule has 7 nitrogen and oxygen atoms in total. The zero-order valence-electron chi connectivity index (χ0n) is 13.7. The SMILES string of the molecule is COCCN(Cc1cccnc1)C(=O)c1cnc2c(c1)ncn2C. The molecule has 0 aliphatic carbocycles. The van der Waals surface area contributed by atoms with Crippen molar-refractivity contribution in [3.63, 3.8) is 0 Å². The Bertz CT molecular complexity index is 831. The van der Waals surface area contributed by atoms with Crippen LogP contribution in [0.15, 0.2) is 43.1 Å². The fourth-order valence-electron chi connectivity index (χ4n) is 2.48. The summed E-state index contributed by atoms with van der Waals surface area (Å²) in [6, 6.07) is 5.57. The molecular weight excluding hydrogens is 306 g/mol. The van der Waals surface area contributed by atoms with Crippen LogP contribution >= 0.6 is 0 Å². The van der Waals surface area contributed by atoms with Gasteiger partial charge in [0, 0.05) is 45.8 Å². The van der Waals surface area contributed by atoms with Gasteiger partial charge >= 0.3 is 0 Å². The van der Waals surface area contributed by atoms with Gasteiger partial charge in [-0.15, -0.1) is 0 Å². The molecule has 1 amide bonds. The standard InChI is InChI=1S/C17H19N5O2/c1-21-12-20-15-8-14(10-19-16(15)21)17(23)22(6-7-24-2)11-13-4-3-5-18-9-13/h3-5,8-10,12H,6-7,11H2,1-2H3. The third kappa shape index (κ3) is 3.41. The molecule has 0 saturated heterocycles. The van der Waals surface area contributed by atoms with E-state index in [0.717, 1.165) is 11.2 Å². The largest absolute Gasteiger partial charge is 0.383 e. The second kappa shape index (κ2) is 7.18. The van der Waals surface area contributed by atoms with Crippen molar-refractivity contribution in [3.8, 4) is 0 Å². The summed E-state index contributed by atoms with van der Waals surface area (Å²) in [6.07, 6.45) is 6.75. The predicted molar refractivity (Wildman–Crippen MR) is 89.4 cm³/mol. The molecule has 3 rings (SSSR count). The first-order chi connectivity index (χ1) is 11.7. The van der Waals surface area contributed by atoms with Crippen LogP contribution in [0.1, 0.15) is 15.9 Å². The minimum Gasteiger partial charge on any atom is -0.383 e. The van der Waals surface area contributed by atoms with Crippen molar-refractivity contribution in [3.05, 3.63) is 54.2 Å². The Morgan fingerprint density at radius 1 is 1.33 bits per heavy atom. The molecule has 3 aromatic rings. The van der Waals surface area contributed by atoms with E-state index in [1.54, 1.807) is 43.0 Å². The predicted octanol–water partition coefficient (Wildman–Crippen LogP) is 1.65. The topological polar surface area (TPSA) is 73.1 Å². The molecule has 124 valence electrons. The number of carbonyl (C=O) groups is 1. The van der Waals surface area contributed by atoms with Crippen molar-refractivity contribution >= 4 is 17.1 Å². The van der Waals surface area contributed by atoms with E-state index < -0.39 is 0 Å². The molecule has 0 aliphatic heterocycles. The maximum Gasteiger partial charge on any atom is 0.255 e.